The van der Waals surface area contributed by atoms with Crippen LogP contribution in [0, 0.1) is 37.0 Å². The molecule has 12 nitrogen and oxygen atoms in total. The van der Waals surface area contributed by atoms with Crippen molar-refractivity contribution in [3.63, 3.8) is 0 Å². The first-order valence-corrected chi connectivity index (χ1v) is 17.6. The summed E-state index contributed by atoms with van der Waals surface area (Å²) >= 11 is 0. The van der Waals surface area contributed by atoms with E-state index in [-0.39, 0.29) is 18.0 Å². The van der Waals surface area contributed by atoms with Gasteiger partial charge in [0.25, 0.3) is 5.91 Å². The van der Waals surface area contributed by atoms with E-state index in [0.29, 0.717) is 22.6 Å². The van der Waals surface area contributed by atoms with Gasteiger partial charge >= 0.3 is 5.97 Å². The number of carbonyl (C=O) groups is 2. The van der Waals surface area contributed by atoms with Gasteiger partial charge in [-0.3, -0.25) is 4.79 Å². The molecule has 4 atom stereocenters. The van der Waals surface area contributed by atoms with Crippen LogP contribution in [0.1, 0.15) is 82.6 Å². The summed E-state index contributed by atoms with van der Waals surface area (Å²) in [7, 11) is 1.57. The number of likely N-dealkylation sites (N-methyl/N-ethyl adjacent to an activating group) is 1. The normalized spacial score (nSPS) is 24.5. The fourth-order valence-electron chi connectivity index (χ4n) is 8.78. The molecule has 0 unspecified atom stereocenters. The Kier molecular flexibility index (Phi) is 12.1. The minimum atomic E-state index is -1.55. The molecule has 0 spiro atoms. The van der Waals surface area contributed by atoms with E-state index in [9.17, 15) is 19.8 Å². The molecule has 2 aromatic carbocycles. The maximum absolute atomic E-state index is 13.5. The van der Waals surface area contributed by atoms with Crippen molar-refractivity contribution in [1.82, 2.24) is 15.3 Å². The summed E-state index contributed by atoms with van der Waals surface area (Å²) in [6.07, 6.45) is 4.49. The number of imidazole rings is 1. The zero-order valence-corrected chi connectivity index (χ0v) is 29.1. The van der Waals surface area contributed by atoms with E-state index in [0.717, 1.165) is 47.4 Å². The average molecular weight is 693 g/mol. The number of aliphatic hydroxyl groups is 5. The van der Waals surface area contributed by atoms with Gasteiger partial charge in [-0.15, -0.1) is 0 Å². The van der Waals surface area contributed by atoms with Gasteiger partial charge in [-0.1, -0.05) is 29.8 Å². The second kappa shape index (κ2) is 16.1. The molecule has 4 aliphatic rings. The Bertz CT molecular complexity index is 1610. The molecule has 9 N–H and O–H groups in total. The first-order valence-electron chi connectivity index (χ1n) is 17.6. The minimum absolute atomic E-state index is 0.0936. The van der Waals surface area contributed by atoms with Crippen molar-refractivity contribution in [3.8, 4) is 11.4 Å². The van der Waals surface area contributed by atoms with Gasteiger partial charge < -0.3 is 46.3 Å². The maximum Gasteiger partial charge on any atom is 0.335 e. The van der Waals surface area contributed by atoms with Crippen LogP contribution in [0.4, 0.5) is 5.69 Å². The van der Waals surface area contributed by atoms with Gasteiger partial charge in [0.05, 0.1) is 18.3 Å². The van der Waals surface area contributed by atoms with Crippen LogP contribution < -0.4 is 10.6 Å². The highest BCUT2D eigenvalue weighted by atomic mass is 16.4. The SMILES string of the molecule is CNC[C@H](O)[C@@H](O)[C@H](O)[C@H](O)CO.Cc1ccc(-c2nc(C(=O)Nc3cccc(C(=O)O)c3)c(CCC34CC5CC(CC(C5)C3)C4)[nH]2)c(C)c1. The number of carboxylic acids is 1. The summed E-state index contributed by atoms with van der Waals surface area (Å²) < 4.78 is 0. The van der Waals surface area contributed by atoms with E-state index in [1.54, 1.807) is 19.2 Å². The third-order valence-electron chi connectivity index (χ3n) is 10.8. The molecule has 4 bridgehead atoms. The van der Waals surface area contributed by atoms with Gasteiger partial charge in [-0.25, -0.2) is 9.78 Å². The fraction of sp³-hybridized carbons (Fsp3) is 0.553. The molecule has 3 aromatic rings. The number of hydrogen-bond acceptors (Lipinski definition) is 9. The lowest BCUT2D eigenvalue weighted by Crippen LogP contribution is -2.48. The number of aryl methyl sites for hydroxylation is 3. The molecule has 272 valence electrons. The van der Waals surface area contributed by atoms with E-state index >= 15 is 0 Å². The van der Waals surface area contributed by atoms with Crippen molar-refractivity contribution in [1.29, 1.82) is 0 Å². The Labute approximate surface area is 293 Å². The van der Waals surface area contributed by atoms with Gasteiger partial charge in [-0.05, 0) is 119 Å². The molecular formula is C38H52N4O8. The largest absolute Gasteiger partial charge is 0.478 e. The van der Waals surface area contributed by atoms with Gasteiger partial charge in [0.2, 0.25) is 0 Å². The van der Waals surface area contributed by atoms with E-state index in [4.69, 9.17) is 25.4 Å². The fourth-order valence-corrected chi connectivity index (χ4v) is 8.78. The zero-order chi connectivity index (χ0) is 36.2. The Morgan fingerprint density at radius 3 is 2.16 bits per heavy atom. The van der Waals surface area contributed by atoms with E-state index < -0.39 is 37.0 Å². The van der Waals surface area contributed by atoms with Crippen LogP contribution in [0.15, 0.2) is 42.5 Å². The Balaban J connectivity index is 0.000000320. The number of carbonyl (C=O) groups excluding carboxylic acids is 1. The molecule has 1 aromatic heterocycles. The number of aromatic nitrogens is 2. The molecule has 1 amide bonds. The number of rotatable bonds is 13. The van der Waals surface area contributed by atoms with Crippen LogP contribution >= 0.6 is 0 Å². The van der Waals surface area contributed by atoms with Crippen LogP contribution in [0.5, 0.6) is 0 Å². The highest BCUT2D eigenvalue weighted by Gasteiger charge is 2.50. The number of benzene rings is 2. The van der Waals surface area contributed by atoms with Crippen LogP contribution in [0.25, 0.3) is 11.4 Å². The molecule has 1 heterocycles. The second-order valence-corrected chi connectivity index (χ2v) is 14.8. The molecule has 4 saturated carbocycles. The molecule has 0 aliphatic heterocycles. The minimum Gasteiger partial charge on any atom is -0.478 e. The predicted octanol–water partition coefficient (Wildman–Crippen LogP) is 3.43. The van der Waals surface area contributed by atoms with Crippen LogP contribution in [-0.2, 0) is 6.42 Å². The van der Waals surface area contributed by atoms with Crippen molar-refractivity contribution >= 4 is 17.6 Å². The topological polar surface area (TPSA) is 208 Å². The summed E-state index contributed by atoms with van der Waals surface area (Å²) in [6, 6.07) is 12.6. The molecule has 0 radical (unpaired) electrons. The highest BCUT2D eigenvalue weighted by Crippen LogP contribution is 2.61. The molecular weight excluding hydrogens is 640 g/mol. The number of anilines is 1. The standard InChI is InChI=1S/C31H35N3O3.C7H17NO5/c1-18-6-7-25(19(2)10-18)28-33-26(8-9-31-15-20-11-21(16-31)13-22(12-20)17-31)27(34-28)29(35)32-24-5-3-4-23(14-24)30(36)37;1-8-2-4(10)6(12)7(13)5(11)3-9/h3-7,10,14,20-22H,8-9,11-13,15-17H2,1-2H3,(H,32,35)(H,33,34)(H,36,37);4-13H,2-3H2,1H3/t;4-,5+,6+,7+/m.0/s1. The monoisotopic (exact) mass is 692 g/mol. The van der Waals surface area contributed by atoms with Crippen LogP contribution in [0.3, 0.4) is 0 Å². The van der Waals surface area contributed by atoms with E-state index in [2.05, 4.69) is 47.7 Å². The maximum atomic E-state index is 13.5. The summed E-state index contributed by atoms with van der Waals surface area (Å²) in [5, 5.41) is 59.7. The van der Waals surface area contributed by atoms with Crippen molar-refractivity contribution in [2.45, 2.75) is 89.6 Å². The summed E-state index contributed by atoms with van der Waals surface area (Å²) in [4.78, 5) is 33.2. The van der Waals surface area contributed by atoms with Gasteiger partial charge in [0.15, 0.2) is 0 Å². The number of nitrogens with one attached hydrogen (secondary N) is 3. The third kappa shape index (κ3) is 8.79. The number of carboxylic acid groups (broad SMARTS) is 1. The summed E-state index contributed by atoms with van der Waals surface area (Å²) in [5.41, 5.74) is 5.56. The number of aliphatic hydroxyl groups excluding tert-OH is 5. The van der Waals surface area contributed by atoms with Crippen molar-refractivity contribution in [2.24, 2.45) is 23.2 Å². The van der Waals surface area contributed by atoms with Gasteiger partial charge in [-0.2, -0.15) is 0 Å². The predicted molar refractivity (Wildman–Crippen MR) is 189 cm³/mol. The van der Waals surface area contributed by atoms with Gasteiger partial charge in [0.1, 0.15) is 29.8 Å². The number of amides is 1. The molecule has 50 heavy (non-hydrogen) atoms. The molecule has 4 aliphatic carbocycles. The molecule has 7 rings (SSSR count). The first kappa shape index (κ1) is 37.6. The van der Waals surface area contributed by atoms with Crippen LogP contribution in [0.2, 0.25) is 0 Å². The zero-order valence-electron chi connectivity index (χ0n) is 29.1. The van der Waals surface area contributed by atoms with Crippen molar-refractivity contribution in [2.75, 3.05) is 25.5 Å². The molecule has 0 saturated heterocycles. The second-order valence-electron chi connectivity index (χ2n) is 14.8. The van der Waals surface area contributed by atoms with Crippen molar-refractivity contribution < 1.29 is 40.2 Å². The Morgan fingerprint density at radius 1 is 0.940 bits per heavy atom. The smallest absolute Gasteiger partial charge is 0.335 e. The number of aromatic carboxylic acids is 1. The van der Waals surface area contributed by atoms with Crippen molar-refractivity contribution in [3.05, 3.63) is 70.5 Å². The quantitative estimate of drug-likeness (QED) is 0.128. The van der Waals surface area contributed by atoms with Gasteiger partial charge in [0, 0.05) is 23.5 Å². The number of aromatic amines is 1. The average Bonchev–Trinajstić information content (AvgIpc) is 3.50. The third-order valence-corrected chi connectivity index (χ3v) is 10.8. The lowest BCUT2D eigenvalue weighted by atomic mass is 9.48. The first-order chi connectivity index (χ1) is 23.8. The lowest BCUT2D eigenvalue weighted by Gasteiger charge is -2.57. The Hall–Kier alpha value is -3.65. The van der Waals surface area contributed by atoms with Crippen LogP contribution in [-0.4, -0.2) is 97.1 Å². The van der Waals surface area contributed by atoms with E-state index in [1.807, 2.05) is 0 Å². The Morgan fingerprint density at radius 2 is 1.58 bits per heavy atom. The number of hydrogen-bond donors (Lipinski definition) is 9. The summed E-state index contributed by atoms with van der Waals surface area (Å²) in [5.74, 6) is 2.05. The number of nitrogens with zero attached hydrogens (tertiary/aromatic N) is 1. The van der Waals surface area contributed by atoms with E-state index in [1.165, 1.54) is 56.2 Å². The summed E-state index contributed by atoms with van der Waals surface area (Å²) in [6.45, 7) is 3.57. The molecule has 12 heteroatoms. The number of H-pyrrole nitrogens is 1. The highest BCUT2D eigenvalue weighted by molar-refractivity contribution is 6.04. The lowest BCUT2D eigenvalue weighted by molar-refractivity contribution is -0.113. The molecule has 4 fully saturated rings.